The van der Waals surface area contributed by atoms with Crippen molar-refractivity contribution in [2.24, 2.45) is 11.7 Å². The van der Waals surface area contributed by atoms with Crippen LogP contribution in [0, 0.1) is 5.92 Å². The summed E-state index contributed by atoms with van der Waals surface area (Å²) >= 11 is 0. The van der Waals surface area contributed by atoms with E-state index < -0.39 is 0 Å². The topological polar surface area (TPSA) is 53.1 Å². The number of aromatic nitrogens is 2. The summed E-state index contributed by atoms with van der Waals surface area (Å²) in [6.45, 7) is 7.38. The summed E-state index contributed by atoms with van der Waals surface area (Å²) in [5.41, 5.74) is 9.25. The van der Waals surface area contributed by atoms with Gasteiger partial charge >= 0.3 is 0 Å². The van der Waals surface area contributed by atoms with E-state index >= 15 is 0 Å². The van der Waals surface area contributed by atoms with Crippen LogP contribution >= 0.6 is 0 Å². The van der Waals surface area contributed by atoms with Crippen LogP contribution < -0.4 is 5.73 Å². The number of ether oxygens (including phenoxy) is 1. The molecule has 4 heteroatoms. The van der Waals surface area contributed by atoms with Crippen LogP contribution in [-0.4, -0.2) is 16.4 Å². The highest BCUT2D eigenvalue weighted by atomic mass is 16.5. The molecule has 2 N–H and O–H groups in total. The Morgan fingerprint density at radius 1 is 1.53 bits per heavy atom. The van der Waals surface area contributed by atoms with Gasteiger partial charge < -0.3 is 10.5 Å². The Kier molecular flexibility index (Phi) is 3.07. The molecule has 2 heterocycles. The van der Waals surface area contributed by atoms with Crippen molar-refractivity contribution in [2.75, 3.05) is 6.61 Å². The zero-order valence-corrected chi connectivity index (χ0v) is 9.49. The molecule has 84 valence electrons. The quantitative estimate of drug-likeness (QED) is 0.810. The molecule has 0 fully saturated rings. The molecule has 2 rings (SSSR count). The smallest absolute Gasteiger partial charge is 0.0818 e. The summed E-state index contributed by atoms with van der Waals surface area (Å²) in [6, 6.07) is 0. The Balaban J connectivity index is 2.33. The van der Waals surface area contributed by atoms with Crippen LogP contribution in [0.5, 0.6) is 0 Å². The highest BCUT2D eigenvalue weighted by Crippen LogP contribution is 2.21. The second-order valence-corrected chi connectivity index (χ2v) is 4.45. The fourth-order valence-corrected chi connectivity index (χ4v) is 2.04. The maximum Gasteiger partial charge on any atom is 0.0818 e. The number of nitrogens with two attached hydrogens (primary N) is 1. The number of nitrogens with zero attached hydrogens (tertiary/aromatic N) is 2. The van der Waals surface area contributed by atoms with Crippen LogP contribution in [0.15, 0.2) is 0 Å². The van der Waals surface area contributed by atoms with Gasteiger partial charge in [-0.1, -0.05) is 13.8 Å². The Bertz CT molecular complexity index is 344. The van der Waals surface area contributed by atoms with E-state index in [9.17, 15) is 0 Å². The van der Waals surface area contributed by atoms with Gasteiger partial charge in [0, 0.05) is 30.8 Å². The average Bonchev–Trinajstić information content (AvgIpc) is 2.56. The average molecular weight is 209 g/mol. The summed E-state index contributed by atoms with van der Waals surface area (Å²) in [4.78, 5) is 0. The molecule has 0 aliphatic carbocycles. The highest BCUT2D eigenvalue weighted by Gasteiger charge is 2.20. The molecule has 15 heavy (non-hydrogen) atoms. The van der Waals surface area contributed by atoms with E-state index in [2.05, 4.69) is 23.6 Å². The first-order valence-corrected chi connectivity index (χ1v) is 5.57. The number of hydrogen-bond acceptors (Lipinski definition) is 3. The molecule has 0 spiro atoms. The van der Waals surface area contributed by atoms with Crippen molar-refractivity contribution in [1.82, 2.24) is 9.78 Å². The van der Waals surface area contributed by atoms with Gasteiger partial charge in [0.2, 0.25) is 0 Å². The van der Waals surface area contributed by atoms with Gasteiger partial charge in [-0.05, 0) is 5.92 Å². The minimum atomic E-state index is 0.511. The zero-order valence-electron chi connectivity index (χ0n) is 9.49. The molecular formula is C11H19N3O. The van der Waals surface area contributed by atoms with E-state index in [0.29, 0.717) is 19.1 Å². The fourth-order valence-electron chi connectivity index (χ4n) is 2.04. The second kappa shape index (κ2) is 4.33. The van der Waals surface area contributed by atoms with Crippen molar-refractivity contribution < 1.29 is 4.74 Å². The Hall–Kier alpha value is -0.870. The molecule has 0 atom stereocenters. The molecule has 1 aliphatic rings. The highest BCUT2D eigenvalue weighted by molar-refractivity contribution is 5.27. The third-order valence-electron chi connectivity index (χ3n) is 2.71. The lowest BCUT2D eigenvalue weighted by molar-refractivity contribution is 0.108. The molecule has 0 unspecified atom stereocenters. The summed E-state index contributed by atoms with van der Waals surface area (Å²) in [5.74, 6) is 0.613. The molecule has 0 aromatic carbocycles. The van der Waals surface area contributed by atoms with Crippen LogP contribution in [0.1, 0.15) is 30.8 Å². The van der Waals surface area contributed by atoms with Crippen molar-refractivity contribution in [3.05, 3.63) is 17.0 Å². The van der Waals surface area contributed by atoms with Gasteiger partial charge in [-0.15, -0.1) is 0 Å². The van der Waals surface area contributed by atoms with Crippen LogP contribution in [0.3, 0.4) is 0 Å². The monoisotopic (exact) mass is 209 g/mol. The van der Waals surface area contributed by atoms with Crippen LogP contribution in [0.2, 0.25) is 0 Å². The minimum Gasteiger partial charge on any atom is -0.376 e. The Morgan fingerprint density at radius 3 is 3.00 bits per heavy atom. The van der Waals surface area contributed by atoms with E-state index in [1.54, 1.807) is 0 Å². The molecule has 1 aromatic heterocycles. The van der Waals surface area contributed by atoms with Gasteiger partial charge in [0.05, 0.1) is 18.9 Å². The first kappa shape index (κ1) is 10.6. The number of hydrogen-bond donors (Lipinski definition) is 1. The summed E-state index contributed by atoms with van der Waals surface area (Å²) < 4.78 is 7.56. The van der Waals surface area contributed by atoms with E-state index in [-0.39, 0.29) is 0 Å². The standard InChI is InChI=1S/C11H19N3O/c1-8(2)6-14-11-3-4-15-7-9(11)10(5-12)13-14/h8H,3-7,12H2,1-2H3. The van der Waals surface area contributed by atoms with Crippen LogP contribution in [-0.2, 0) is 30.9 Å². The predicted octanol–water partition coefficient (Wildman–Crippen LogP) is 1.07. The van der Waals surface area contributed by atoms with Gasteiger partial charge in [-0.2, -0.15) is 5.10 Å². The third-order valence-corrected chi connectivity index (χ3v) is 2.71. The molecule has 0 radical (unpaired) electrons. The minimum absolute atomic E-state index is 0.511. The molecule has 1 aliphatic heterocycles. The Labute approximate surface area is 90.4 Å². The van der Waals surface area contributed by atoms with Gasteiger partial charge in [-0.25, -0.2) is 0 Å². The van der Waals surface area contributed by atoms with E-state index in [4.69, 9.17) is 10.5 Å². The SMILES string of the molecule is CC(C)Cn1nc(CN)c2c1CCOC2. The summed E-state index contributed by atoms with van der Waals surface area (Å²) in [5, 5.41) is 4.56. The third kappa shape index (κ3) is 2.06. The molecule has 0 amide bonds. The zero-order chi connectivity index (χ0) is 10.8. The van der Waals surface area contributed by atoms with E-state index in [1.165, 1.54) is 11.3 Å². The van der Waals surface area contributed by atoms with Crippen molar-refractivity contribution in [3.8, 4) is 0 Å². The van der Waals surface area contributed by atoms with Gasteiger partial charge in [0.15, 0.2) is 0 Å². The summed E-state index contributed by atoms with van der Waals surface area (Å²) in [6.07, 6.45) is 0.967. The number of rotatable bonds is 3. The molecule has 4 nitrogen and oxygen atoms in total. The van der Waals surface area contributed by atoms with Crippen LogP contribution in [0.4, 0.5) is 0 Å². The fraction of sp³-hybridized carbons (Fsp3) is 0.727. The first-order chi connectivity index (χ1) is 7.22. The lowest BCUT2D eigenvalue weighted by atomic mass is 10.1. The van der Waals surface area contributed by atoms with Gasteiger partial charge in [0.1, 0.15) is 0 Å². The second-order valence-electron chi connectivity index (χ2n) is 4.45. The normalized spacial score (nSPS) is 15.7. The van der Waals surface area contributed by atoms with Crippen molar-refractivity contribution >= 4 is 0 Å². The van der Waals surface area contributed by atoms with Gasteiger partial charge in [-0.3, -0.25) is 4.68 Å². The molecule has 1 aromatic rings. The lowest BCUT2D eigenvalue weighted by Crippen LogP contribution is -2.16. The maximum absolute atomic E-state index is 5.69. The van der Waals surface area contributed by atoms with E-state index in [1.807, 2.05) is 0 Å². The molecular weight excluding hydrogens is 190 g/mol. The molecule has 0 saturated carbocycles. The first-order valence-electron chi connectivity index (χ1n) is 5.57. The molecule has 0 bridgehead atoms. The van der Waals surface area contributed by atoms with Crippen LogP contribution in [0.25, 0.3) is 0 Å². The number of fused-ring (bicyclic) bond motifs is 1. The summed E-state index contributed by atoms with van der Waals surface area (Å²) in [7, 11) is 0. The van der Waals surface area contributed by atoms with Gasteiger partial charge in [0.25, 0.3) is 0 Å². The maximum atomic E-state index is 5.69. The van der Waals surface area contributed by atoms with E-state index in [0.717, 1.165) is 25.3 Å². The largest absolute Gasteiger partial charge is 0.376 e. The molecule has 0 saturated heterocycles. The lowest BCUT2D eigenvalue weighted by Gasteiger charge is -2.15. The Morgan fingerprint density at radius 2 is 2.33 bits per heavy atom. The predicted molar refractivity (Wildman–Crippen MR) is 58.3 cm³/mol. The van der Waals surface area contributed by atoms with Crippen molar-refractivity contribution in [1.29, 1.82) is 0 Å². The van der Waals surface area contributed by atoms with Crippen molar-refractivity contribution in [2.45, 2.75) is 40.0 Å². The van der Waals surface area contributed by atoms with Crippen molar-refractivity contribution in [3.63, 3.8) is 0 Å².